The Kier molecular flexibility index (Phi) is 3.82. The number of rotatable bonds is 3. The quantitative estimate of drug-likeness (QED) is 0.576. The molecule has 0 bridgehead atoms. The number of allylic oxidation sites excluding steroid dienone is 1. The summed E-state index contributed by atoms with van der Waals surface area (Å²) in [6.07, 6.45) is -1.20. The van der Waals surface area contributed by atoms with Crippen LogP contribution in [0.25, 0.3) is 6.08 Å². The smallest absolute Gasteiger partial charge is 0.303 e. The van der Waals surface area contributed by atoms with Gasteiger partial charge in [-0.25, -0.2) is 4.39 Å². The summed E-state index contributed by atoms with van der Waals surface area (Å²) in [5, 5.41) is 0. The number of alkyl halides is 3. The van der Waals surface area contributed by atoms with Crippen molar-refractivity contribution in [2.24, 2.45) is 0 Å². The average Bonchev–Trinajstić information content (AvgIpc) is 2.19. The average molecular weight is 232 g/mol. The van der Waals surface area contributed by atoms with Gasteiger partial charge in [-0.2, -0.15) is 13.2 Å². The van der Waals surface area contributed by atoms with Gasteiger partial charge in [0.1, 0.15) is 12.1 Å². The molecule has 0 spiro atoms. The van der Waals surface area contributed by atoms with Crippen LogP contribution >= 0.6 is 0 Å². The molecule has 0 saturated heterocycles. The molecule has 0 unspecified atom stereocenters. The molecule has 0 fully saturated rings. The van der Waals surface area contributed by atoms with E-state index in [0.29, 0.717) is 12.4 Å². The van der Waals surface area contributed by atoms with Crippen LogP contribution in [0.15, 0.2) is 24.3 Å². The van der Waals surface area contributed by atoms with Crippen molar-refractivity contribution in [2.45, 2.75) is 12.6 Å². The standard InChI is InChI=1S/C11H8F4O/c12-10-7-9(11(13,14)15)5-4-8(10)3-1-2-6-16/h1,3-7H,2H2. The lowest BCUT2D eigenvalue weighted by Crippen LogP contribution is -2.05. The molecule has 0 aromatic heterocycles. The maximum absolute atomic E-state index is 13.2. The molecular formula is C11H8F4O. The van der Waals surface area contributed by atoms with Gasteiger partial charge in [0.15, 0.2) is 0 Å². The topological polar surface area (TPSA) is 17.1 Å². The Morgan fingerprint density at radius 2 is 1.94 bits per heavy atom. The molecule has 1 aromatic carbocycles. The van der Waals surface area contributed by atoms with Crippen LogP contribution in [0.5, 0.6) is 0 Å². The number of hydrogen-bond donors (Lipinski definition) is 0. The lowest BCUT2D eigenvalue weighted by Gasteiger charge is -2.07. The molecule has 0 radical (unpaired) electrons. The SMILES string of the molecule is O=CCC=Cc1ccc(C(F)(F)F)cc1F. The van der Waals surface area contributed by atoms with E-state index in [1.807, 2.05) is 0 Å². The molecule has 0 aliphatic carbocycles. The number of hydrogen-bond acceptors (Lipinski definition) is 1. The summed E-state index contributed by atoms with van der Waals surface area (Å²) in [5.74, 6) is -0.961. The third kappa shape index (κ3) is 3.18. The highest BCUT2D eigenvalue weighted by atomic mass is 19.4. The highest BCUT2D eigenvalue weighted by Crippen LogP contribution is 2.30. The fraction of sp³-hybridized carbons (Fsp3) is 0.182. The van der Waals surface area contributed by atoms with Crippen LogP contribution in [0.4, 0.5) is 17.6 Å². The molecule has 0 saturated carbocycles. The van der Waals surface area contributed by atoms with Crippen molar-refractivity contribution in [3.8, 4) is 0 Å². The van der Waals surface area contributed by atoms with E-state index >= 15 is 0 Å². The molecule has 1 rings (SSSR count). The second kappa shape index (κ2) is 4.92. The first kappa shape index (κ1) is 12.4. The second-order valence-electron chi connectivity index (χ2n) is 3.04. The van der Waals surface area contributed by atoms with E-state index in [9.17, 15) is 22.4 Å². The maximum atomic E-state index is 13.2. The zero-order valence-corrected chi connectivity index (χ0v) is 8.09. The van der Waals surface area contributed by atoms with E-state index in [2.05, 4.69) is 0 Å². The zero-order valence-electron chi connectivity index (χ0n) is 8.09. The minimum Gasteiger partial charge on any atom is -0.303 e. The summed E-state index contributed by atoms with van der Waals surface area (Å²) >= 11 is 0. The molecule has 16 heavy (non-hydrogen) atoms. The zero-order chi connectivity index (χ0) is 12.2. The predicted octanol–water partition coefficient (Wildman–Crippen LogP) is 3.45. The van der Waals surface area contributed by atoms with Gasteiger partial charge in [-0.3, -0.25) is 0 Å². The molecule has 0 amide bonds. The number of halogens is 4. The summed E-state index contributed by atoms with van der Waals surface area (Å²) in [4.78, 5) is 9.97. The largest absolute Gasteiger partial charge is 0.416 e. The molecular weight excluding hydrogens is 224 g/mol. The molecule has 0 aliphatic rings. The highest BCUT2D eigenvalue weighted by Gasteiger charge is 2.30. The Bertz CT molecular complexity index is 407. The Morgan fingerprint density at radius 1 is 1.25 bits per heavy atom. The van der Waals surface area contributed by atoms with Crippen molar-refractivity contribution >= 4 is 12.4 Å². The minimum atomic E-state index is -4.55. The third-order valence-electron chi connectivity index (χ3n) is 1.86. The first-order valence-electron chi connectivity index (χ1n) is 4.42. The fourth-order valence-electron chi connectivity index (χ4n) is 1.09. The van der Waals surface area contributed by atoms with E-state index in [1.165, 1.54) is 12.2 Å². The number of carbonyl (C=O) groups is 1. The second-order valence-corrected chi connectivity index (χ2v) is 3.04. The summed E-state index contributed by atoms with van der Waals surface area (Å²) in [7, 11) is 0. The van der Waals surface area contributed by atoms with Gasteiger partial charge in [0, 0.05) is 12.0 Å². The van der Waals surface area contributed by atoms with Gasteiger partial charge >= 0.3 is 6.18 Å². The van der Waals surface area contributed by atoms with Crippen molar-refractivity contribution in [3.63, 3.8) is 0 Å². The Balaban J connectivity index is 2.96. The molecule has 1 aromatic rings. The van der Waals surface area contributed by atoms with E-state index in [-0.39, 0.29) is 12.0 Å². The van der Waals surface area contributed by atoms with Gasteiger partial charge < -0.3 is 4.79 Å². The lowest BCUT2D eigenvalue weighted by molar-refractivity contribution is -0.137. The molecule has 5 heteroatoms. The van der Waals surface area contributed by atoms with Crippen molar-refractivity contribution in [1.82, 2.24) is 0 Å². The molecule has 0 atom stereocenters. The summed E-state index contributed by atoms with van der Waals surface area (Å²) < 4.78 is 49.7. The molecule has 0 heterocycles. The predicted molar refractivity (Wildman–Crippen MR) is 51.1 cm³/mol. The first-order chi connectivity index (χ1) is 7.45. The Hall–Kier alpha value is -1.65. The lowest BCUT2D eigenvalue weighted by atomic mass is 10.1. The summed E-state index contributed by atoms with van der Waals surface area (Å²) in [6, 6.07) is 2.25. The first-order valence-corrected chi connectivity index (χ1v) is 4.42. The van der Waals surface area contributed by atoms with Crippen LogP contribution in [0, 0.1) is 5.82 Å². The minimum absolute atomic E-state index is 0.0230. The summed E-state index contributed by atoms with van der Waals surface area (Å²) in [6.45, 7) is 0. The number of carbonyl (C=O) groups excluding carboxylic acids is 1. The molecule has 1 nitrogen and oxygen atoms in total. The summed E-state index contributed by atoms with van der Waals surface area (Å²) in [5.41, 5.74) is -1.01. The van der Waals surface area contributed by atoms with Gasteiger partial charge in [-0.1, -0.05) is 18.2 Å². The molecule has 0 N–H and O–H groups in total. The van der Waals surface area contributed by atoms with Gasteiger partial charge in [0.25, 0.3) is 0 Å². The Morgan fingerprint density at radius 3 is 2.44 bits per heavy atom. The van der Waals surface area contributed by atoms with E-state index in [4.69, 9.17) is 0 Å². The van der Waals surface area contributed by atoms with Gasteiger partial charge in [-0.05, 0) is 12.1 Å². The Labute approximate surface area is 89.4 Å². The van der Waals surface area contributed by atoms with Gasteiger partial charge in [0.2, 0.25) is 0 Å². The van der Waals surface area contributed by atoms with E-state index in [0.717, 1.165) is 12.1 Å². The van der Waals surface area contributed by atoms with Crippen LogP contribution < -0.4 is 0 Å². The van der Waals surface area contributed by atoms with Crippen molar-refractivity contribution in [2.75, 3.05) is 0 Å². The normalized spacial score (nSPS) is 12.0. The molecule has 0 aliphatic heterocycles. The van der Waals surface area contributed by atoms with Crippen LogP contribution in [0.3, 0.4) is 0 Å². The van der Waals surface area contributed by atoms with Gasteiger partial charge in [0.05, 0.1) is 5.56 Å². The van der Waals surface area contributed by atoms with Crippen LogP contribution in [-0.2, 0) is 11.0 Å². The fourth-order valence-corrected chi connectivity index (χ4v) is 1.09. The van der Waals surface area contributed by atoms with Crippen molar-refractivity contribution in [1.29, 1.82) is 0 Å². The van der Waals surface area contributed by atoms with Crippen LogP contribution in [0.1, 0.15) is 17.5 Å². The number of aldehydes is 1. The molecule has 86 valence electrons. The third-order valence-corrected chi connectivity index (χ3v) is 1.86. The highest BCUT2D eigenvalue weighted by molar-refractivity contribution is 5.58. The van der Waals surface area contributed by atoms with Gasteiger partial charge in [-0.15, -0.1) is 0 Å². The van der Waals surface area contributed by atoms with E-state index in [1.54, 1.807) is 0 Å². The number of benzene rings is 1. The monoisotopic (exact) mass is 232 g/mol. The van der Waals surface area contributed by atoms with E-state index < -0.39 is 17.6 Å². The van der Waals surface area contributed by atoms with Crippen molar-refractivity contribution < 1.29 is 22.4 Å². The van der Waals surface area contributed by atoms with Crippen LogP contribution in [0.2, 0.25) is 0 Å². The van der Waals surface area contributed by atoms with Crippen LogP contribution in [-0.4, -0.2) is 6.29 Å². The maximum Gasteiger partial charge on any atom is 0.416 e. The van der Waals surface area contributed by atoms with Crippen molar-refractivity contribution in [3.05, 3.63) is 41.2 Å².